The number of benzene rings is 1. The van der Waals surface area contributed by atoms with Gasteiger partial charge in [0.25, 0.3) is 0 Å². The van der Waals surface area contributed by atoms with Gasteiger partial charge in [0.1, 0.15) is 0 Å². The van der Waals surface area contributed by atoms with Crippen LogP contribution >= 0.6 is 11.6 Å². The molecule has 1 heterocycles. The number of rotatable bonds is 3. The molecule has 2 rings (SSSR count). The molecule has 0 bridgehead atoms. The summed E-state index contributed by atoms with van der Waals surface area (Å²) in [5.74, 6) is -1.69. The van der Waals surface area contributed by atoms with Gasteiger partial charge in [0.05, 0.1) is 13.1 Å². The van der Waals surface area contributed by atoms with E-state index in [0.717, 1.165) is 0 Å². The third kappa shape index (κ3) is 4.06. The van der Waals surface area contributed by atoms with Crippen molar-refractivity contribution >= 4 is 36.4 Å². The van der Waals surface area contributed by atoms with Crippen LogP contribution in [0.3, 0.4) is 0 Å². The molecule has 1 atom stereocenters. The van der Waals surface area contributed by atoms with Gasteiger partial charge in [-0.1, -0.05) is 30.3 Å². The number of Topliss-reactive ketones (excluding diaryl/α,β-unsaturated/α-hetero) is 1. The second kappa shape index (κ2) is 6.73. The molecule has 1 aliphatic rings. The minimum atomic E-state index is -1.42. The molecule has 21 heavy (non-hydrogen) atoms. The van der Waals surface area contributed by atoms with Crippen molar-refractivity contribution in [2.24, 2.45) is 0 Å². The molecule has 0 aromatic heterocycles. The number of alkyl halides is 1. The third-order valence-electron chi connectivity index (χ3n) is 2.84. The fourth-order valence-electron chi connectivity index (χ4n) is 1.86. The van der Waals surface area contributed by atoms with Gasteiger partial charge in [-0.15, -0.1) is 11.6 Å². The average molecular weight is 310 g/mol. The first-order valence-corrected chi connectivity index (χ1v) is 6.72. The van der Waals surface area contributed by atoms with Crippen molar-refractivity contribution in [3.63, 3.8) is 0 Å². The number of carbonyl (C=O) groups is 3. The first-order chi connectivity index (χ1) is 9.97. The van der Waals surface area contributed by atoms with Crippen LogP contribution in [0.25, 0.3) is 0 Å². The van der Waals surface area contributed by atoms with Gasteiger partial charge in [-0.25, -0.2) is 0 Å². The van der Waals surface area contributed by atoms with Gasteiger partial charge in [-0.3, -0.25) is 19.3 Å². The van der Waals surface area contributed by atoms with Crippen molar-refractivity contribution in [1.82, 2.24) is 4.90 Å². The van der Waals surface area contributed by atoms with Crippen molar-refractivity contribution in [2.45, 2.75) is 5.28 Å². The van der Waals surface area contributed by atoms with Gasteiger partial charge in [-0.2, -0.15) is 0 Å². The largest absolute Gasteiger partial charge is 0.626 e. The molecule has 0 amide bonds. The maximum atomic E-state index is 12.2. The van der Waals surface area contributed by atoms with Crippen LogP contribution in [0.5, 0.6) is 0 Å². The maximum Gasteiger partial charge on any atom is 0.626 e. The van der Waals surface area contributed by atoms with E-state index >= 15 is 0 Å². The summed E-state index contributed by atoms with van der Waals surface area (Å²) in [6, 6.07) is 8.28. The van der Waals surface area contributed by atoms with Gasteiger partial charge < -0.3 is 9.31 Å². The number of likely N-dealkylation sites (N-methyl/N-ethyl adjacent to an activating group) is 1. The van der Waals surface area contributed by atoms with Crippen molar-refractivity contribution in [3.05, 3.63) is 35.9 Å². The Morgan fingerprint density at radius 3 is 2.24 bits per heavy atom. The molecule has 6 nitrogen and oxygen atoms in total. The van der Waals surface area contributed by atoms with Crippen LogP contribution in [0.1, 0.15) is 10.4 Å². The lowest BCUT2D eigenvalue weighted by atomic mass is 9.79. The Morgan fingerprint density at radius 1 is 1.19 bits per heavy atom. The summed E-state index contributed by atoms with van der Waals surface area (Å²) in [5, 5.41) is -1.29. The molecule has 0 spiro atoms. The Labute approximate surface area is 127 Å². The van der Waals surface area contributed by atoms with E-state index < -0.39 is 30.1 Å². The normalized spacial score (nSPS) is 18.3. The number of nitrogens with zero attached hydrogens (tertiary/aromatic N) is 1. The minimum Gasteiger partial charge on any atom is -0.497 e. The molecular weight excluding hydrogens is 296 g/mol. The summed E-state index contributed by atoms with van der Waals surface area (Å²) in [7, 11) is 0.156. The highest BCUT2D eigenvalue weighted by molar-refractivity contribution is 6.69. The van der Waals surface area contributed by atoms with Gasteiger partial charge in [0.15, 0.2) is 11.1 Å². The second-order valence-corrected chi connectivity index (χ2v) is 5.12. The molecule has 1 aromatic carbocycles. The van der Waals surface area contributed by atoms with Crippen LogP contribution in [0.4, 0.5) is 0 Å². The Kier molecular flexibility index (Phi) is 4.98. The molecule has 1 fully saturated rings. The summed E-state index contributed by atoms with van der Waals surface area (Å²) >= 11 is 6.02. The highest BCUT2D eigenvalue weighted by Crippen LogP contribution is 2.15. The highest BCUT2D eigenvalue weighted by Gasteiger charge is 2.43. The van der Waals surface area contributed by atoms with Gasteiger partial charge in [-0.05, 0) is 7.05 Å². The number of halogens is 1. The Morgan fingerprint density at radius 2 is 1.71 bits per heavy atom. The van der Waals surface area contributed by atoms with Crippen LogP contribution in [0.2, 0.25) is 0 Å². The molecule has 1 aliphatic heterocycles. The first kappa shape index (κ1) is 15.5. The topological polar surface area (TPSA) is 72.9 Å². The molecule has 0 radical (unpaired) electrons. The van der Waals surface area contributed by atoms with Crippen molar-refractivity contribution in [3.8, 4) is 0 Å². The molecule has 0 saturated carbocycles. The fraction of sp³-hybridized carbons (Fsp3) is 0.308. The zero-order valence-corrected chi connectivity index (χ0v) is 12.1. The number of carbonyl (C=O) groups excluding carboxylic acids is 3. The van der Waals surface area contributed by atoms with Gasteiger partial charge in [0, 0.05) is 5.56 Å². The molecule has 0 aliphatic carbocycles. The summed E-state index contributed by atoms with van der Waals surface area (Å²) in [6.45, 7) is -0.149. The number of hydrogen-bond donors (Lipinski definition) is 0. The maximum absolute atomic E-state index is 12.2. The summed E-state index contributed by atoms with van der Waals surface area (Å²) < 4.78 is 9.92. The predicted octanol–water partition coefficient (Wildman–Crippen LogP) is 0.536. The lowest BCUT2D eigenvalue weighted by molar-refractivity contribution is -0.145. The average Bonchev–Trinajstić information content (AvgIpc) is 2.44. The van der Waals surface area contributed by atoms with Crippen LogP contribution in [-0.4, -0.2) is 55.2 Å². The van der Waals surface area contributed by atoms with Crippen molar-refractivity contribution < 1.29 is 23.7 Å². The van der Waals surface area contributed by atoms with Gasteiger partial charge in [0.2, 0.25) is 0 Å². The number of ketones is 1. The number of hydrogen-bond acceptors (Lipinski definition) is 6. The van der Waals surface area contributed by atoms with Crippen molar-refractivity contribution in [1.29, 1.82) is 0 Å². The van der Waals surface area contributed by atoms with E-state index in [1.165, 1.54) is 4.90 Å². The minimum absolute atomic E-state index is 0.0747. The van der Waals surface area contributed by atoms with E-state index in [1.807, 2.05) is 0 Å². The van der Waals surface area contributed by atoms with Crippen LogP contribution in [0.15, 0.2) is 30.3 Å². The monoisotopic (exact) mass is 309 g/mol. The molecular formula is C13H13BClNO5. The van der Waals surface area contributed by atoms with Crippen LogP contribution in [0, 0.1) is 0 Å². The van der Waals surface area contributed by atoms with E-state index in [4.69, 9.17) is 20.9 Å². The Balaban J connectivity index is 2.13. The molecule has 1 saturated heterocycles. The standard InChI is InChI=1S/C13H13BClNO5/c1-16-7-10(17)20-14(21-11(18)8-16)13(15)12(19)9-5-3-2-4-6-9/h2-6,13H,7-8H2,1H3/t13-/m0/s1. The molecule has 110 valence electrons. The Hall–Kier alpha value is -1.86. The summed E-state index contributed by atoms with van der Waals surface area (Å²) in [6.07, 6.45) is 0. The zero-order valence-electron chi connectivity index (χ0n) is 11.3. The smallest absolute Gasteiger partial charge is 0.497 e. The highest BCUT2D eigenvalue weighted by atomic mass is 35.5. The second-order valence-electron chi connectivity index (χ2n) is 4.65. The summed E-state index contributed by atoms with van der Waals surface area (Å²) in [5.41, 5.74) is 0.351. The van der Waals surface area contributed by atoms with E-state index in [9.17, 15) is 14.4 Å². The fourth-order valence-corrected chi connectivity index (χ4v) is 2.09. The Bertz CT molecular complexity index is 533. The zero-order chi connectivity index (χ0) is 15.4. The lowest BCUT2D eigenvalue weighted by Gasteiger charge is -2.24. The molecule has 8 heteroatoms. The summed E-state index contributed by atoms with van der Waals surface area (Å²) in [4.78, 5) is 36.8. The van der Waals surface area contributed by atoms with E-state index in [0.29, 0.717) is 5.56 Å². The van der Waals surface area contributed by atoms with E-state index in [1.54, 1.807) is 37.4 Å². The first-order valence-electron chi connectivity index (χ1n) is 6.28. The SMILES string of the molecule is CN1CC(=O)OB([C@@H](Cl)C(=O)c2ccccc2)OC(=O)C1. The van der Waals surface area contributed by atoms with Gasteiger partial charge >= 0.3 is 19.1 Å². The predicted molar refractivity (Wildman–Crippen MR) is 75.8 cm³/mol. The molecule has 1 aromatic rings. The molecule has 0 N–H and O–H groups in total. The van der Waals surface area contributed by atoms with E-state index in [-0.39, 0.29) is 13.1 Å². The van der Waals surface area contributed by atoms with Crippen LogP contribution in [-0.2, 0) is 18.9 Å². The van der Waals surface area contributed by atoms with Crippen molar-refractivity contribution in [2.75, 3.05) is 20.1 Å². The van der Waals surface area contributed by atoms with Crippen LogP contribution < -0.4 is 0 Å². The van der Waals surface area contributed by atoms with E-state index in [2.05, 4.69) is 0 Å². The molecule has 0 unspecified atom stereocenters. The lowest BCUT2D eigenvalue weighted by Crippen LogP contribution is -2.48. The quantitative estimate of drug-likeness (QED) is 0.461. The third-order valence-corrected chi connectivity index (χ3v) is 3.24.